The fraction of sp³-hybridized carbons (Fsp3) is 0.357. The Kier molecular flexibility index (Phi) is 5.23. The van der Waals surface area contributed by atoms with Crippen LogP contribution in [0.25, 0.3) is 6.08 Å². The van der Waals surface area contributed by atoms with Crippen molar-refractivity contribution < 1.29 is 24.1 Å². The van der Waals surface area contributed by atoms with Crippen molar-refractivity contribution in [2.45, 2.75) is 13.8 Å². The number of carbonyl (C=O) groups excluding carboxylic acids is 1. The molecule has 1 aromatic carbocycles. The predicted molar refractivity (Wildman–Crippen MR) is 71.5 cm³/mol. The predicted octanol–water partition coefficient (Wildman–Crippen LogP) is 2.38. The van der Waals surface area contributed by atoms with Crippen LogP contribution in [0.15, 0.2) is 17.7 Å². The van der Waals surface area contributed by atoms with Crippen LogP contribution in [0.1, 0.15) is 19.4 Å². The summed E-state index contributed by atoms with van der Waals surface area (Å²) in [5.41, 5.74) is 1.13. The maximum absolute atomic E-state index is 11.5. The molecule has 0 saturated heterocycles. The van der Waals surface area contributed by atoms with Gasteiger partial charge in [0.15, 0.2) is 11.5 Å². The van der Waals surface area contributed by atoms with E-state index in [1.807, 2.05) is 0 Å². The molecule has 0 spiro atoms. The van der Waals surface area contributed by atoms with Crippen molar-refractivity contribution in [2.75, 3.05) is 20.8 Å². The lowest BCUT2D eigenvalue weighted by atomic mass is 10.1. The Morgan fingerprint density at radius 1 is 1.26 bits per heavy atom. The van der Waals surface area contributed by atoms with Gasteiger partial charge in [-0.1, -0.05) is 0 Å². The fourth-order valence-corrected chi connectivity index (χ4v) is 1.55. The molecule has 1 aromatic rings. The van der Waals surface area contributed by atoms with E-state index in [4.69, 9.17) is 14.2 Å². The van der Waals surface area contributed by atoms with Crippen LogP contribution in [0.4, 0.5) is 0 Å². The number of ether oxygens (including phenoxy) is 3. The average molecular weight is 266 g/mol. The number of phenolic OH excluding ortho intramolecular Hbond substituents is 1. The van der Waals surface area contributed by atoms with Gasteiger partial charge in [0, 0.05) is 5.57 Å². The quantitative estimate of drug-likeness (QED) is 0.654. The molecule has 0 aromatic heterocycles. The molecule has 0 fully saturated rings. The first-order chi connectivity index (χ1) is 9.03. The highest BCUT2D eigenvalue weighted by atomic mass is 16.5. The second-order valence-electron chi connectivity index (χ2n) is 3.82. The highest BCUT2D eigenvalue weighted by molar-refractivity contribution is 5.93. The number of hydrogen-bond acceptors (Lipinski definition) is 5. The summed E-state index contributed by atoms with van der Waals surface area (Å²) in [6, 6.07) is 3.22. The summed E-state index contributed by atoms with van der Waals surface area (Å²) in [6.07, 6.45) is 1.64. The maximum atomic E-state index is 11.5. The fourth-order valence-electron chi connectivity index (χ4n) is 1.55. The zero-order chi connectivity index (χ0) is 14.4. The van der Waals surface area contributed by atoms with Gasteiger partial charge in [-0.3, -0.25) is 0 Å². The summed E-state index contributed by atoms with van der Waals surface area (Å²) in [5.74, 6) is 0.106. The third-order valence-electron chi connectivity index (χ3n) is 2.48. The topological polar surface area (TPSA) is 65.0 Å². The Labute approximate surface area is 112 Å². The van der Waals surface area contributed by atoms with Crippen molar-refractivity contribution in [2.24, 2.45) is 0 Å². The second kappa shape index (κ2) is 6.68. The van der Waals surface area contributed by atoms with E-state index in [-0.39, 0.29) is 23.2 Å². The summed E-state index contributed by atoms with van der Waals surface area (Å²) in [5, 5.41) is 9.78. The van der Waals surface area contributed by atoms with Gasteiger partial charge >= 0.3 is 5.97 Å². The molecule has 5 heteroatoms. The summed E-state index contributed by atoms with van der Waals surface area (Å²) in [6.45, 7) is 3.73. The highest BCUT2D eigenvalue weighted by Crippen LogP contribution is 2.37. The molecule has 0 heterocycles. The highest BCUT2D eigenvalue weighted by Gasteiger charge is 2.11. The molecular weight excluding hydrogens is 248 g/mol. The molecule has 104 valence electrons. The number of esters is 1. The van der Waals surface area contributed by atoms with E-state index in [1.54, 1.807) is 32.1 Å². The third-order valence-corrected chi connectivity index (χ3v) is 2.48. The average Bonchev–Trinajstić information content (AvgIpc) is 2.40. The number of aromatic hydroxyl groups is 1. The van der Waals surface area contributed by atoms with E-state index in [2.05, 4.69) is 0 Å². The van der Waals surface area contributed by atoms with E-state index < -0.39 is 0 Å². The number of hydrogen-bond donors (Lipinski definition) is 1. The lowest BCUT2D eigenvalue weighted by Gasteiger charge is -2.10. The summed E-state index contributed by atoms with van der Waals surface area (Å²) in [7, 11) is 2.89. The van der Waals surface area contributed by atoms with Crippen LogP contribution in [-0.4, -0.2) is 31.9 Å². The van der Waals surface area contributed by atoms with Crippen molar-refractivity contribution >= 4 is 12.0 Å². The third kappa shape index (κ3) is 3.64. The van der Waals surface area contributed by atoms with Gasteiger partial charge in [0.25, 0.3) is 0 Å². The Morgan fingerprint density at radius 3 is 2.21 bits per heavy atom. The molecule has 0 aliphatic carbocycles. The monoisotopic (exact) mass is 266 g/mol. The Morgan fingerprint density at radius 2 is 1.79 bits per heavy atom. The molecule has 1 rings (SSSR count). The number of phenols is 1. The lowest BCUT2D eigenvalue weighted by Crippen LogP contribution is -2.04. The first-order valence-electron chi connectivity index (χ1n) is 5.83. The van der Waals surface area contributed by atoms with Gasteiger partial charge in [-0.25, -0.2) is 4.79 Å². The first kappa shape index (κ1) is 14.9. The van der Waals surface area contributed by atoms with Gasteiger partial charge in [-0.15, -0.1) is 0 Å². The Bertz CT molecular complexity index is 466. The van der Waals surface area contributed by atoms with E-state index in [0.717, 1.165) is 0 Å². The van der Waals surface area contributed by atoms with Crippen LogP contribution in [0, 0.1) is 0 Å². The molecule has 5 nitrogen and oxygen atoms in total. The van der Waals surface area contributed by atoms with Crippen LogP contribution < -0.4 is 9.47 Å². The summed E-state index contributed by atoms with van der Waals surface area (Å²) >= 11 is 0. The van der Waals surface area contributed by atoms with E-state index in [9.17, 15) is 9.90 Å². The molecule has 0 atom stereocenters. The van der Waals surface area contributed by atoms with Crippen molar-refractivity contribution in [3.63, 3.8) is 0 Å². The molecule has 0 aliphatic rings. The van der Waals surface area contributed by atoms with Crippen LogP contribution in [-0.2, 0) is 9.53 Å². The molecule has 19 heavy (non-hydrogen) atoms. The molecule has 0 amide bonds. The number of rotatable bonds is 5. The van der Waals surface area contributed by atoms with Crippen molar-refractivity contribution in [3.8, 4) is 17.2 Å². The van der Waals surface area contributed by atoms with E-state index in [0.29, 0.717) is 17.7 Å². The molecule has 0 unspecified atom stereocenters. The first-order valence-corrected chi connectivity index (χ1v) is 5.83. The normalized spacial score (nSPS) is 11.1. The van der Waals surface area contributed by atoms with Gasteiger partial charge in [-0.2, -0.15) is 0 Å². The number of carbonyl (C=O) groups is 1. The van der Waals surface area contributed by atoms with Crippen LogP contribution in [0.2, 0.25) is 0 Å². The second-order valence-corrected chi connectivity index (χ2v) is 3.82. The molecule has 0 radical (unpaired) electrons. The SMILES string of the molecule is CCOC(=O)C(C)=Cc1cc(OC)c(O)c(OC)c1. The van der Waals surface area contributed by atoms with Crippen LogP contribution >= 0.6 is 0 Å². The standard InChI is InChI=1S/C14H18O5/c1-5-19-14(16)9(2)6-10-7-11(17-3)13(15)12(8-10)18-4/h6-8,15H,5H2,1-4H3. The van der Waals surface area contributed by atoms with Crippen LogP contribution in [0.5, 0.6) is 17.2 Å². The molecule has 0 bridgehead atoms. The Balaban J connectivity index is 3.14. The van der Waals surface area contributed by atoms with Gasteiger partial charge in [-0.05, 0) is 37.6 Å². The van der Waals surface area contributed by atoms with E-state index >= 15 is 0 Å². The largest absolute Gasteiger partial charge is 0.502 e. The number of methoxy groups -OCH3 is 2. The minimum Gasteiger partial charge on any atom is -0.502 e. The van der Waals surface area contributed by atoms with Crippen molar-refractivity contribution in [1.29, 1.82) is 0 Å². The summed E-state index contributed by atoms with van der Waals surface area (Å²) < 4.78 is 15.0. The van der Waals surface area contributed by atoms with Gasteiger partial charge in [0.2, 0.25) is 5.75 Å². The van der Waals surface area contributed by atoms with Crippen LogP contribution in [0.3, 0.4) is 0 Å². The Hall–Kier alpha value is -2.17. The lowest BCUT2D eigenvalue weighted by molar-refractivity contribution is -0.138. The smallest absolute Gasteiger partial charge is 0.333 e. The number of benzene rings is 1. The summed E-state index contributed by atoms with van der Waals surface area (Å²) in [4.78, 5) is 11.5. The van der Waals surface area contributed by atoms with Gasteiger partial charge < -0.3 is 19.3 Å². The van der Waals surface area contributed by atoms with Crippen molar-refractivity contribution in [1.82, 2.24) is 0 Å². The zero-order valence-electron chi connectivity index (χ0n) is 11.5. The molecule has 0 saturated carbocycles. The van der Waals surface area contributed by atoms with E-state index in [1.165, 1.54) is 14.2 Å². The van der Waals surface area contributed by atoms with Gasteiger partial charge in [0.1, 0.15) is 0 Å². The molecule has 0 aliphatic heterocycles. The molecule has 1 N–H and O–H groups in total. The minimum absolute atomic E-state index is 0.0732. The maximum Gasteiger partial charge on any atom is 0.333 e. The van der Waals surface area contributed by atoms with Gasteiger partial charge in [0.05, 0.1) is 20.8 Å². The minimum atomic E-state index is -0.381. The molecular formula is C14H18O5. The van der Waals surface area contributed by atoms with Crippen molar-refractivity contribution in [3.05, 3.63) is 23.3 Å². The zero-order valence-corrected chi connectivity index (χ0v) is 11.5.